The van der Waals surface area contributed by atoms with Crippen molar-refractivity contribution in [1.82, 2.24) is 4.98 Å². The molecule has 4 rings (SSSR count). The second-order valence-electron chi connectivity index (χ2n) is 7.69. The Kier molecular flexibility index (Phi) is 7.92. The van der Waals surface area contributed by atoms with E-state index in [-0.39, 0.29) is 11.9 Å². The van der Waals surface area contributed by atoms with Gasteiger partial charge in [0.05, 0.1) is 19.0 Å². The number of piperidine rings is 1. The first-order chi connectivity index (χ1) is 15.0. The van der Waals surface area contributed by atoms with Crippen molar-refractivity contribution < 1.29 is 23.8 Å². The molecule has 0 unspecified atom stereocenters. The van der Waals surface area contributed by atoms with Crippen LogP contribution in [0.5, 0.6) is 11.6 Å². The molecule has 1 aromatic carbocycles. The van der Waals surface area contributed by atoms with E-state index in [2.05, 4.69) is 34.1 Å². The molecule has 2 aliphatic rings. The molecule has 2 aliphatic heterocycles. The maximum atomic E-state index is 14.1. The highest BCUT2D eigenvalue weighted by molar-refractivity contribution is 5.63. The number of aromatic nitrogens is 1. The van der Waals surface area contributed by atoms with E-state index in [1.54, 1.807) is 13.2 Å². The Morgan fingerprint density at radius 3 is 2.29 bits per heavy atom. The average molecular weight is 432 g/mol. The van der Waals surface area contributed by atoms with Crippen molar-refractivity contribution in [3.05, 3.63) is 42.3 Å². The molecule has 0 spiro atoms. The summed E-state index contributed by atoms with van der Waals surface area (Å²) in [5.41, 5.74) is 1.83. The monoisotopic (exact) mass is 431 g/mol. The molecule has 0 radical (unpaired) electrons. The van der Waals surface area contributed by atoms with E-state index >= 15 is 0 Å². The Morgan fingerprint density at radius 1 is 1.10 bits per heavy atom. The molecule has 0 saturated carbocycles. The number of rotatable bonds is 5. The van der Waals surface area contributed by atoms with Crippen molar-refractivity contribution in [2.45, 2.75) is 38.7 Å². The summed E-state index contributed by atoms with van der Waals surface area (Å²) < 4.78 is 25.4. The number of ether oxygens (including phenoxy) is 2. The van der Waals surface area contributed by atoms with Crippen LogP contribution < -0.4 is 19.3 Å². The SMILES string of the molecule is CC(=O)O.COc1cc(N2CCC(Oc3ccc(N4CCCC4)cc3)CC2)c(F)cn1. The number of nitrogens with zero attached hydrogens (tertiary/aromatic N) is 3. The average Bonchev–Trinajstić information content (AvgIpc) is 3.30. The third-order valence-corrected chi connectivity index (χ3v) is 5.41. The van der Waals surface area contributed by atoms with Gasteiger partial charge in [0.25, 0.3) is 5.97 Å². The lowest BCUT2D eigenvalue weighted by molar-refractivity contribution is -0.134. The first-order valence-electron chi connectivity index (χ1n) is 10.6. The molecule has 0 aliphatic carbocycles. The number of hydrogen-bond donors (Lipinski definition) is 1. The van der Waals surface area contributed by atoms with Gasteiger partial charge >= 0.3 is 0 Å². The molecule has 0 amide bonds. The maximum absolute atomic E-state index is 14.1. The fourth-order valence-corrected chi connectivity index (χ4v) is 3.88. The van der Waals surface area contributed by atoms with Gasteiger partial charge < -0.3 is 24.4 Å². The van der Waals surface area contributed by atoms with Crippen LogP contribution in [0.1, 0.15) is 32.6 Å². The zero-order chi connectivity index (χ0) is 22.2. The summed E-state index contributed by atoms with van der Waals surface area (Å²) in [6.45, 7) is 4.88. The van der Waals surface area contributed by atoms with Gasteiger partial charge in [0.2, 0.25) is 5.88 Å². The van der Waals surface area contributed by atoms with Crippen LogP contribution in [0, 0.1) is 5.82 Å². The molecule has 8 heteroatoms. The first-order valence-corrected chi connectivity index (χ1v) is 10.6. The molecule has 168 valence electrons. The summed E-state index contributed by atoms with van der Waals surface area (Å²) in [4.78, 5) is 17.4. The van der Waals surface area contributed by atoms with Crippen molar-refractivity contribution in [3.63, 3.8) is 0 Å². The lowest BCUT2D eigenvalue weighted by Crippen LogP contribution is -2.38. The number of pyridine rings is 1. The number of hydrogen-bond acceptors (Lipinski definition) is 6. The lowest BCUT2D eigenvalue weighted by Gasteiger charge is -2.34. The van der Waals surface area contributed by atoms with Gasteiger partial charge in [0.1, 0.15) is 11.9 Å². The Balaban J connectivity index is 0.000000628. The maximum Gasteiger partial charge on any atom is 0.300 e. The molecule has 7 nitrogen and oxygen atoms in total. The van der Waals surface area contributed by atoms with E-state index in [4.69, 9.17) is 19.4 Å². The zero-order valence-corrected chi connectivity index (χ0v) is 18.1. The van der Waals surface area contributed by atoms with Crippen LogP contribution in [-0.2, 0) is 4.79 Å². The number of methoxy groups -OCH3 is 1. The zero-order valence-electron chi connectivity index (χ0n) is 18.1. The van der Waals surface area contributed by atoms with Gasteiger partial charge in [-0.1, -0.05) is 0 Å². The minimum atomic E-state index is -0.833. The van der Waals surface area contributed by atoms with E-state index in [1.165, 1.54) is 24.7 Å². The van der Waals surface area contributed by atoms with Crippen LogP contribution in [0.25, 0.3) is 0 Å². The van der Waals surface area contributed by atoms with Gasteiger partial charge in [0, 0.05) is 57.7 Å². The van der Waals surface area contributed by atoms with E-state index < -0.39 is 5.97 Å². The number of carbonyl (C=O) groups is 1. The van der Waals surface area contributed by atoms with Gasteiger partial charge in [-0.15, -0.1) is 0 Å². The van der Waals surface area contributed by atoms with Crippen LogP contribution >= 0.6 is 0 Å². The van der Waals surface area contributed by atoms with Crippen molar-refractivity contribution in [1.29, 1.82) is 0 Å². The third kappa shape index (κ3) is 6.47. The second-order valence-corrected chi connectivity index (χ2v) is 7.69. The summed E-state index contributed by atoms with van der Waals surface area (Å²) in [6, 6.07) is 10.1. The minimum Gasteiger partial charge on any atom is -0.490 e. The number of benzene rings is 1. The van der Waals surface area contributed by atoms with Gasteiger partial charge in [0.15, 0.2) is 5.82 Å². The number of halogens is 1. The number of aliphatic carboxylic acids is 1. The minimum absolute atomic E-state index is 0.158. The topological polar surface area (TPSA) is 75.1 Å². The third-order valence-electron chi connectivity index (χ3n) is 5.41. The molecule has 31 heavy (non-hydrogen) atoms. The van der Waals surface area contributed by atoms with Crippen LogP contribution in [0.3, 0.4) is 0 Å². The molecule has 3 heterocycles. The van der Waals surface area contributed by atoms with Crippen LogP contribution in [0.15, 0.2) is 36.5 Å². The quantitative estimate of drug-likeness (QED) is 0.768. The molecule has 2 saturated heterocycles. The Hall–Kier alpha value is -3.03. The number of carboxylic acid groups (broad SMARTS) is 1. The van der Waals surface area contributed by atoms with Gasteiger partial charge in [-0.2, -0.15) is 0 Å². The van der Waals surface area contributed by atoms with Gasteiger partial charge in [-0.05, 0) is 37.1 Å². The van der Waals surface area contributed by atoms with E-state index in [0.29, 0.717) is 11.6 Å². The normalized spacial score (nSPS) is 16.5. The van der Waals surface area contributed by atoms with E-state index in [1.807, 2.05) is 4.90 Å². The highest BCUT2D eigenvalue weighted by Crippen LogP contribution is 2.28. The Bertz CT molecular complexity index is 844. The number of carboxylic acids is 1. The second kappa shape index (κ2) is 10.8. The molecule has 1 N–H and O–H groups in total. The molecular formula is C23H30FN3O4. The van der Waals surface area contributed by atoms with Crippen molar-refractivity contribution in [3.8, 4) is 11.6 Å². The smallest absolute Gasteiger partial charge is 0.300 e. The highest BCUT2D eigenvalue weighted by atomic mass is 19.1. The molecule has 0 bridgehead atoms. The van der Waals surface area contributed by atoms with E-state index in [0.717, 1.165) is 51.7 Å². The summed E-state index contributed by atoms with van der Waals surface area (Å²) in [7, 11) is 1.54. The Morgan fingerprint density at radius 2 is 1.71 bits per heavy atom. The number of anilines is 2. The Labute approximate surface area is 182 Å². The fraction of sp³-hybridized carbons (Fsp3) is 0.478. The fourth-order valence-electron chi connectivity index (χ4n) is 3.88. The lowest BCUT2D eigenvalue weighted by atomic mass is 10.1. The molecule has 1 aromatic heterocycles. The van der Waals surface area contributed by atoms with Crippen molar-refractivity contribution in [2.75, 3.05) is 43.1 Å². The molecule has 0 atom stereocenters. The first kappa shape index (κ1) is 22.7. The van der Waals surface area contributed by atoms with E-state index in [9.17, 15) is 4.39 Å². The summed E-state index contributed by atoms with van der Waals surface area (Å²) in [5.74, 6) is 0.198. The van der Waals surface area contributed by atoms with Crippen LogP contribution in [0.4, 0.5) is 15.8 Å². The summed E-state index contributed by atoms with van der Waals surface area (Å²) >= 11 is 0. The van der Waals surface area contributed by atoms with Crippen LogP contribution in [0.2, 0.25) is 0 Å². The summed E-state index contributed by atoms with van der Waals surface area (Å²) in [6.07, 6.45) is 5.65. The molecule has 2 aromatic rings. The predicted molar refractivity (Wildman–Crippen MR) is 118 cm³/mol. The van der Waals surface area contributed by atoms with Gasteiger partial charge in [-0.3, -0.25) is 4.79 Å². The standard InChI is InChI=1S/C21H26FN3O2.C2H4O2/c1-26-21-14-20(19(22)15-23-21)25-12-8-18(9-13-25)27-17-6-4-16(5-7-17)24-10-2-3-11-24;1-2(3)4/h4-7,14-15,18H,2-3,8-13H2,1H3;1H3,(H,3,4). The largest absolute Gasteiger partial charge is 0.490 e. The predicted octanol–water partition coefficient (Wildman–Crippen LogP) is 3.97. The van der Waals surface area contributed by atoms with Gasteiger partial charge in [-0.25, -0.2) is 9.37 Å². The molecular weight excluding hydrogens is 401 g/mol. The molecule has 2 fully saturated rings. The van der Waals surface area contributed by atoms with Crippen molar-refractivity contribution in [2.24, 2.45) is 0 Å². The van der Waals surface area contributed by atoms with Crippen molar-refractivity contribution >= 4 is 17.3 Å². The summed E-state index contributed by atoms with van der Waals surface area (Å²) in [5, 5.41) is 7.42. The van der Waals surface area contributed by atoms with Crippen LogP contribution in [-0.4, -0.2) is 55.5 Å². The highest BCUT2D eigenvalue weighted by Gasteiger charge is 2.23.